The van der Waals surface area contributed by atoms with Gasteiger partial charge < -0.3 is 20.3 Å². The zero-order chi connectivity index (χ0) is 16.1. The Labute approximate surface area is 137 Å². The first kappa shape index (κ1) is 16.9. The molecule has 2 atom stereocenters. The fraction of sp³-hybridized carbons (Fsp3) is 0.562. The molecule has 0 bridgehead atoms. The molecule has 0 saturated carbocycles. The van der Waals surface area contributed by atoms with Crippen LogP contribution >= 0.6 is 11.6 Å². The number of nitrogens with one attached hydrogen (secondary N) is 2. The van der Waals surface area contributed by atoms with E-state index in [0.29, 0.717) is 11.6 Å². The summed E-state index contributed by atoms with van der Waals surface area (Å²) in [5, 5.41) is 6.83. The predicted octanol–water partition coefficient (Wildman–Crippen LogP) is 1.90. The minimum Gasteiger partial charge on any atom is -0.495 e. The Morgan fingerprint density at radius 1 is 1.55 bits per heavy atom. The van der Waals surface area contributed by atoms with E-state index in [-0.39, 0.29) is 17.9 Å². The van der Waals surface area contributed by atoms with Gasteiger partial charge in [0.2, 0.25) is 5.91 Å². The van der Waals surface area contributed by atoms with Gasteiger partial charge >= 0.3 is 0 Å². The number of methoxy groups -OCH3 is 1. The maximum atomic E-state index is 12.1. The van der Waals surface area contributed by atoms with Crippen LogP contribution in [-0.4, -0.2) is 45.7 Å². The van der Waals surface area contributed by atoms with Gasteiger partial charge in [-0.05, 0) is 31.7 Å². The van der Waals surface area contributed by atoms with Crippen LogP contribution in [0.2, 0.25) is 5.02 Å². The molecule has 1 aromatic carbocycles. The lowest BCUT2D eigenvalue weighted by Crippen LogP contribution is -2.42. The second-order valence-electron chi connectivity index (χ2n) is 5.72. The van der Waals surface area contributed by atoms with E-state index in [1.165, 1.54) is 0 Å². The number of rotatable bonds is 6. The SMILES string of the molecule is CNCC(C)C(=O)NC1CCN(c2cc(Cl)ccc2OC)C1. The number of amides is 1. The van der Waals surface area contributed by atoms with Crippen LogP contribution in [-0.2, 0) is 4.79 Å². The van der Waals surface area contributed by atoms with E-state index >= 15 is 0 Å². The summed E-state index contributed by atoms with van der Waals surface area (Å²) in [7, 11) is 3.51. The molecule has 1 aliphatic heterocycles. The van der Waals surface area contributed by atoms with Crippen molar-refractivity contribution in [2.45, 2.75) is 19.4 Å². The van der Waals surface area contributed by atoms with E-state index in [1.807, 2.05) is 32.2 Å². The number of carbonyl (C=O) groups is 1. The summed E-state index contributed by atoms with van der Waals surface area (Å²) in [6.45, 7) is 4.26. The van der Waals surface area contributed by atoms with Crippen molar-refractivity contribution in [3.63, 3.8) is 0 Å². The molecule has 0 aliphatic carbocycles. The van der Waals surface area contributed by atoms with Crippen molar-refractivity contribution >= 4 is 23.2 Å². The smallest absolute Gasteiger partial charge is 0.224 e. The van der Waals surface area contributed by atoms with Gasteiger partial charge in [0.1, 0.15) is 5.75 Å². The Hall–Kier alpha value is -1.46. The van der Waals surface area contributed by atoms with E-state index in [1.54, 1.807) is 7.11 Å². The molecule has 6 heteroatoms. The van der Waals surface area contributed by atoms with Crippen molar-refractivity contribution in [3.8, 4) is 5.75 Å². The Morgan fingerprint density at radius 3 is 3.00 bits per heavy atom. The number of nitrogens with zero attached hydrogens (tertiary/aromatic N) is 1. The van der Waals surface area contributed by atoms with Gasteiger partial charge in [-0.3, -0.25) is 4.79 Å². The molecule has 2 unspecified atom stereocenters. The van der Waals surface area contributed by atoms with Gasteiger partial charge in [0.05, 0.1) is 12.8 Å². The van der Waals surface area contributed by atoms with Crippen LogP contribution < -0.4 is 20.3 Å². The van der Waals surface area contributed by atoms with Crippen LogP contribution in [0, 0.1) is 5.92 Å². The lowest BCUT2D eigenvalue weighted by molar-refractivity contribution is -0.124. The third-order valence-corrected chi connectivity index (χ3v) is 4.21. The zero-order valence-corrected chi connectivity index (χ0v) is 14.1. The molecule has 1 heterocycles. The van der Waals surface area contributed by atoms with Crippen molar-refractivity contribution in [3.05, 3.63) is 23.2 Å². The molecule has 122 valence electrons. The van der Waals surface area contributed by atoms with Gasteiger partial charge in [0.25, 0.3) is 0 Å². The molecular formula is C16H24ClN3O2. The average molecular weight is 326 g/mol. The molecule has 2 N–H and O–H groups in total. The van der Waals surface area contributed by atoms with Crippen LogP contribution in [0.1, 0.15) is 13.3 Å². The van der Waals surface area contributed by atoms with Gasteiger partial charge in [0, 0.05) is 36.6 Å². The first-order valence-electron chi connectivity index (χ1n) is 7.58. The van der Waals surface area contributed by atoms with Crippen LogP contribution in [0.15, 0.2) is 18.2 Å². The summed E-state index contributed by atoms with van der Waals surface area (Å²) in [5.41, 5.74) is 0.982. The summed E-state index contributed by atoms with van der Waals surface area (Å²) >= 11 is 6.09. The molecule has 1 saturated heterocycles. The summed E-state index contributed by atoms with van der Waals surface area (Å²) in [6.07, 6.45) is 0.924. The molecular weight excluding hydrogens is 302 g/mol. The number of carbonyl (C=O) groups excluding carboxylic acids is 1. The van der Waals surface area contributed by atoms with Crippen molar-refractivity contribution in [2.75, 3.05) is 38.7 Å². The quantitative estimate of drug-likeness (QED) is 0.839. The first-order valence-corrected chi connectivity index (χ1v) is 7.96. The normalized spacial score (nSPS) is 19.1. The largest absolute Gasteiger partial charge is 0.495 e. The topological polar surface area (TPSA) is 53.6 Å². The summed E-state index contributed by atoms with van der Waals surface area (Å²) in [6, 6.07) is 5.77. The van der Waals surface area contributed by atoms with E-state index in [4.69, 9.17) is 16.3 Å². The van der Waals surface area contributed by atoms with Crippen LogP contribution in [0.25, 0.3) is 0 Å². The molecule has 0 radical (unpaired) electrons. The fourth-order valence-corrected chi connectivity index (χ4v) is 2.92. The Morgan fingerprint density at radius 2 is 2.32 bits per heavy atom. The number of hydrogen-bond acceptors (Lipinski definition) is 4. The highest BCUT2D eigenvalue weighted by Crippen LogP contribution is 2.33. The Kier molecular flexibility index (Phi) is 5.91. The third kappa shape index (κ3) is 4.05. The van der Waals surface area contributed by atoms with E-state index in [2.05, 4.69) is 15.5 Å². The van der Waals surface area contributed by atoms with Gasteiger partial charge in [0.15, 0.2) is 0 Å². The van der Waals surface area contributed by atoms with E-state index in [9.17, 15) is 4.79 Å². The molecule has 5 nitrogen and oxygen atoms in total. The highest BCUT2D eigenvalue weighted by Gasteiger charge is 2.27. The lowest BCUT2D eigenvalue weighted by Gasteiger charge is -2.22. The highest BCUT2D eigenvalue weighted by atomic mass is 35.5. The Bertz CT molecular complexity index is 524. The van der Waals surface area contributed by atoms with E-state index in [0.717, 1.165) is 30.9 Å². The van der Waals surface area contributed by atoms with Crippen molar-refractivity contribution in [1.29, 1.82) is 0 Å². The Balaban J connectivity index is 1.98. The third-order valence-electron chi connectivity index (χ3n) is 3.97. The monoisotopic (exact) mass is 325 g/mol. The molecule has 22 heavy (non-hydrogen) atoms. The number of anilines is 1. The highest BCUT2D eigenvalue weighted by molar-refractivity contribution is 6.30. The van der Waals surface area contributed by atoms with Gasteiger partial charge in [-0.25, -0.2) is 0 Å². The number of hydrogen-bond donors (Lipinski definition) is 2. The first-order chi connectivity index (χ1) is 10.5. The minimum absolute atomic E-state index is 0.0280. The maximum Gasteiger partial charge on any atom is 0.224 e. The number of benzene rings is 1. The van der Waals surface area contributed by atoms with Crippen molar-refractivity contribution in [2.24, 2.45) is 5.92 Å². The maximum absolute atomic E-state index is 12.1. The molecule has 1 fully saturated rings. The molecule has 1 aliphatic rings. The summed E-state index contributed by atoms with van der Waals surface area (Å²) < 4.78 is 5.40. The second kappa shape index (κ2) is 7.70. The van der Waals surface area contributed by atoms with Crippen LogP contribution in [0.3, 0.4) is 0 Å². The second-order valence-corrected chi connectivity index (χ2v) is 6.15. The molecule has 1 amide bonds. The lowest BCUT2D eigenvalue weighted by atomic mass is 10.1. The predicted molar refractivity (Wildman–Crippen MR) is 89.9 cm³/mol. The average Bonchev–Trinajstić information content (AvgIpc) is 2.95. The zero-order valence-electron chi connectivity index (χ0n) is 13.4. The minimum atomic E-state index is -0.0280. The standard InChI is InChI=1S/C16H24ClN3O2/c1-11(9-18-2)16(21)19-13-6-7-20(10-13)14-8-12(17)4-5-15(14)22-3/h4-5,8,11,13,18H,6-7,9-10H2,1-3H3,(H,19,21). The van der Waals surface area contributed by atoms with Crippen LogP contribution in [0.5, 0.6) is 5.75 Å². The van der Waals surface area contributed by atoms with Crippen molar-refractivity contribution < 1.29 is 9.53 Å². The van der Waals surface area contributed by atoms with Gasteiger partial charge in [-0.2, -0.15) is 0 Å². The molecule has 0 aromatic heterocycles. The van der Waals surface area contributed by atoms with E-state index < -0.39 is 0 Å². The van der Waals surface area contributed by atoms with Crippen molar-refractivity contribution in [1.82, 2.24) is 10.6 Å². The van der Waals surface area contributed by atoms with Gasteiger partial charge in [-0.1, -0.05) is 18.5 Å². The molecule has 2 rings (SSSR count). The fourth-order valence-electron chi connectivity index (χ4n) is 2.75. The summed E-state index contributed by atoms with van der Waals surface area (Å²) in [5.74, 6) is 0.874. The van der Waals surface area contributed by atoms with Crippen LogP contribution in [0.4, 0.5) is 5.69 Å². The number of ether oxygens (including phenoxy) is 1. The number of halogens is 1. The van der Waals surface area contributed by atoms with Gasteiger partial charge in [-0.15, -0.1) is 0 Å². The molecule has 0 spiro atoms. The molecule has 1 aromatic rings. The summed E-state index contributed by atoms with van der Waals surface area (Å²) in [4.78, 5) is 14.3.